The Morgan fingerprint density at radius 3 is 2.47 bits per heavy atom. The number of ketones is 1. The summed E-state index contributed by atoms with van der Waals surface area (Å²) in [6.07, 6.45) is 1.99. The van der Waals surface area contributed by atoms with E-state index in [0.29, 0.717) is 55.8 Å². The number of rotatable bonds is 3. The minimum Gasteiger partial charge on any atom is -0.486 e. The number of benzene rings is 2. The summed E-state index contributed by atoms with van der Waals surface area (Å²) in [5.74, 6) is 0.729. The molecule has 2 amide bonds. The van der Waals surface area contributed by atoms with Gasteiger partial charge >= 0.3 is 0 Å². The van der Waals surface area contributed by atoms with Crippen molar-refractivity contribution in [2.75, 3.05) is 18.4 Å². The molecule has 0 unspecified atom stereocenters. The molecule has 1 spiro atoms. The monoisotopic (exact) mass is 406 g/mol. The first-order chi connectivity index (χ1) is 14.3. The molecule has 2 aromatic carbocycles. The van der Waals surface area contributed by atoms with Gasteiger partial charge < -0.3 is 15.0 Å². The van der Waals surface area contributed by atoms with Gasteiger partial charge in [0.1, 0.15) is 11.4 Å². The number of likely N-dealkylation sites (tertiary alicyclic amines) is 1. The number of carbonyl (C=O) groups is 3. The highest BCUT2D eigenvalue weighted by Gasteiger charge is 2.43. The topological polar surface area (TPSA) is 75.7 Å². The molecule has 1 saturated heterocycles. The number of nitrogens with one attached hydrogen (secondary N) is 1. The normalized spacial score (nSPS) is 17.3. The van der Waals surface area contributed by atoms with Crippen molar-refractivity contribution in [2.45, 2.75) is 45.1 Å². The minimum atomic E-state index is -0.504. The molecule has 4 rings (SSSR count). The Bertz CT molecular complexity index is 989. The van der Waals surface area contributed by atoms with Gasteiger partial charge in [0.05, 0.1) is 18.4 Å². The number of piperidine rings is 1. The number of amides is 2. The number of aryl methyl sites for hydroxylation is 1. The second-order valence-electron chi connectivity index (χ2n) is 8.32. The lowest BCUT2D eigenvalue weighted by Gasteiger charge is -2.44. The van der Waals surface area contributed by atoms with Crippen molar-refractivity contribution in [1.29, 1.82) is 0 Å². The van der Waals surface area contributed by atoms with Gasteiger partial charge in [-0.1, -0.05) is 23.8 Å². The van der Waals surface area contributed by atoms with Gasteiger partial charge in [-0.05, 0) is 36.8 Å². The van der Waals surface area contributed by atoms with E-state index in [1.807, 2.05) is 42.2 Å². The summed E-state index contributed by atoms with van der Waals surface area (Å²) in [6, 6.07) is 13.0. The second kappa shape index (κ2) is 7.94. The van der Waals surface area contributed by atoms with Crippen LogP contribution in [0.25, 0.3) is 0 Å². The van der Waals surface area contributed by atoms with E-state index in [2.05, 4.69) is 5.32 Å². The molecule has 0 aromatic heterocycles. The van der Waals surface area contributed by atoms with Crippen LogP contribution in [0.3, 0.4) is 0 Å². The number of fused-ring (bicyclic) bond motifs is 1. The summed E-state index contributed by atoms with van der Waals surface area (Å²) in [5.41, 5.74) is 2.83. The van der Waals surface area contributed by atoms with Crippen LogP contribution >= 0.6 is 0 Å². The molecule has 2 aromatic rings. The first-order valence-corrected chi connectivity index (χ1v) is 10.3. The van der Waals surface area contributed by atoms with Crippen LogP contribution in [0.15, 0.2) is 42.5 Å². The number of carbonyl (C=O) groups excluding carboxylic acids is 3. The first kappa shape index (κ1) is 20.1. The van der Waals surface area contributed by atoms with Crippen LogP contribution in [0.5, 0.6) is 5.75 Å². The summed E-state index contributed by atoms with van der Waals surface area (Å²) in [7, 11) is 0. The molecule has 0 bridgehead atoms. The minimum absolute atomic E-state index is 0.0651. The van der Waals surface area contributed by atoms with Gasteiger partial charge in [0.2, 0.25) is 11.8 Å². The van der Waals surface area contributed by atoms with Gasteiger partial charge in [0.15, 0.2) is 5.78 Å². The van der Waals surface area contributed by atoms with Crippen molar-refractivity contribution in [1.82, 2.24) is 4.90 Å². The van der Waals surface area contributed by atoms with Crippen LogP contribution in [0.2, 0.25) is 0 Å². The van der Waals surface area contributed by atoms with E-state index in [9.17, 15) is 14.4 Å². The average molecular weight is 406 g/mol. The molecular weight excluding hydrogens is 380 g/mol. The summed E-state index contributed by atoms with van der Waals surface area (Å²) in [6.45, 7) is 4.59. The van der Waals surface area contributed by atoms with Crippen molar-refractivity contribution < 1.29 is 19.1 Å². The zero-order valence-electron chi connectivity index (χ0n) is 17.4. The van der Waals surface area contributed by atoms with E-state index >= 15 is 0 Å². The van der Waals surface area contributed by atoms with Crippen molar-refractivity contribution in [3.63, 3.8) is 0 Å². The van der Waals surface area contributed by atoms with Crippen molar-refractivity contribution >= 4 is 23.3 Å². The van der Waals surface area contributed by atoms with E-state index in [4.69, 9.17) is 4.74 Å². The fourth-order valence-electron chi connectivity index (χ4n) is 4.25. The molecule has 156 valence electrons. The highest BCUT2D eigenvalue weighted by atomic mass is 16.5. The number of hydrogen-bond donors (Lipinski definition) is 1. The highest BCUT2D eigenvalue weighted by Crippen LogP contribution is 2.39. The van der Waals surface area contributed by atoms with E-state index in [-0.39, 0.29) is 17.6 Å². The van der Waals surface area contributed by atoms with E-state index in [0.717, 1.165) is 11.1 Å². The maximum absolute atomic E-state index is 12.8. The molecule has 0 aliphatic carbocycles. The molecule has 0 atom stereocenters. The predicted molar refractivity (Wildman–Crippen MR) is 114 cm³/mol. The Hall–Kier alpha value is -3.15. The molecule has 2 heterocycles. The Labute approximate surface area is 176 Å². The SMILES string of the molecule is CC(=O)Nc1ccc(CC(=O)N2CCC3(CC2)CC(=O)c2cc(C)ccc2O3)cc1. The molecule has 2 aliphatic heterocycles. The van der Waals surface area contributed by atoms with Gasteiger partial charge in [-0.15, -0.1) is 0 Å². The Morgan fingerprint density at radius 1 is 1.10 bits per heavy atom. The van der Waals surface area contributed by atoms with Gasteiger partial charge in [-0.3, -0.25) is 14.4 Å². The molecule has 0 saturated carbocycles. The van der Waals surface area contributed by atoms with E-state index in [1.54, 1.807) is 12.1 Å². The molecule has 1 fully saturated rings. The van der Waals surface area contributed by atoms with Crippen molar-refractivity contribution in [2.24, 2.45) is 0 Å². The zero-order valence-corrected chi connectivity index (χ0v) is 17.4. The van der Waals surface area contributed by atoms with E-state index in [1.165, 1.54) is 6.92 Å². The lowest BCUT2D eigenvalue weighted by Crippen LogP contribution is -2.52. The molecule has 6 nitrogen and oxygen atoms in total. The zero-order chi connectivity index (χ0) is 21.3. The van der Waals surface area contributed by atoms with Crippen molar-refractivity contribution in [3.05, 3.63) is 59.2 Å². The first-order valence-electron chi connectivity index (χ1n) is 10.3. The number of anilines is 1. The lowest BCUT2D eigenvalue weighted by molar-refractivity contribution is -0.134. The summed E-state index contributed by atoms with van der Waals surface area (Å²) in [4.78, 5) is 38.4. The van der Waals surface area contributed by atoms with Crippen LogP contribution in [0.4, 0.5) is 5.69 Å². The third-order valence-electron chi connectivity index (χ3n) is 5.90. The number of ether oxygens (including phenoxy) is 1. The number of hydrogen-bond acceptors (Lipinski definition) is 4. The van der Waals surface area contributed by atoms with Crippen LogP contribution in [0.1, 0.15) is 47.7 Å². The quantitative estimate of drug-likeness (QED) is 0.846. The fourth-order valence-corrected chi connectivity index (χ4v) is 4.25. The van der Waals surface area contributed by atoms with Gasteiger partial charge in [-0.25, -0.2) is 0 Å². The van der Waals surface area contributed by atoms with Crippen LogP contribution in [-0.4, -0.2) is 41.2 Å². The largest absolute Gasteiger partial charge is 0.486 e. The summed E-state index contributed by atoms with van der Waals surface area (Å²) >= 11 is 0. The van der Waals surface area contributed by atoms with Crippen LogP contribution in [-0.2, 0) is 16.0 Å². The Morgan fingerprint density at radius 2 is 1.80 bits per heavy atom. The Balaban J connectivity index is 1.36. The fraction of sp³-hybridized carbons (Fsp3) is 0.375. The summed E-state index contributed by atoms with van der Waals surface area (Å²) < 4.78 is 6.28. The maximum atomic E-state index is 12.8. The van der Waals surface area contributed by atoms with Crippen LogP contribution in [0, 0.1) is 6.92 Å². The molecule has 0 radical (unpaired) electrons. The third kappa shape index (κ3) is 4.22. The maximum Gasteiger partial charge on any atom is 0.226 e. The van der Waals surface area contributed by atoms with E-state index < -0.39 is 5.60 Å². The van der Waals surface area contributed by atoms with Gasteiger partial charge in [0, 0.05) is 38.5 Å². The van der Waals surface area contributed by atoms with Crippen LogP contribution < -0.4 is 10.1 Å². The average Bonchev–Trinajstić information content (AvgIpc) is 2.70. The molecule has 1 N–H and O–H groups in total. The molecule has 2 aliphatic rings. The molecule has 30 heavy (non-hydrogen) atoms. The molecular formula is C24H26N2O4. The van der Waals surface area contributed by atoms with Crippen molar-refractivity contribution in [3.8, 4) is 5.75 Å². The van der Waals surface area contributed by atoms with Gasteiger partial charge in [0.25, 0.3) is 0 Å². The highest BCUT2D eigenvalue weighted by molar-refractivity contribution is 6.00. The molecule has 6 heteroatoms. The van der Waals surface area contributed by atoms with Gasteiger partial charge in [-0.2, -0.15) is 0 Å². The number of nitrogens with zero attached hydrogens (tertiary/aromatic N) is 1. The number of Topliss-reactive ketones (excluding diaryl/α,β-unsaturated/α-hetero) is 1. The standard InChI is InChI=1S/C24H26N2O4/c1-16-3-8-22-20(13-16)21(28)15-24(30-22)9-11-26(12-10-24)23(29)14-18-4-6-19(7-5-18)25-17(2)27/h3-8,13H,9-12,14-15H2,1-2H3,(H,25,27). The Kier molecular flexibility index (Phi) is 5.33. The summed E-state index contributed by atoms with van der Waals surface area (Å²) in [5, 5.41) is 2.72. The smallest absolute Gasteiger partial charge is 0.226 e. The lowest BCUT2D eigenvalue weighted by atomic mass is 9.82. The third-order valence-corrected chi connectivity index (χ3v) is 5.90. The predicted octanol–water partition coefficient (Wildman–Crippen LogP) is 3.52. The second-order valence-corrected chi connectivity index (χ2v) is 8.32.